The van der Waals surface area contributed by atoms with Gasteiger partial charge in [0.15, 0.2) is 0 Å². The Morgan fingerprint density at radius 1 is 0.783 bits per heavy atom. The Bertz CT molecular complexity index is 731. The van der Waals surface area contributed by atoms with E-state index in [-0.39, 0.29) is 26.8 Å². The fourth-order valence-electron chi connectivity index (χ4n) is 1.91. The van der Waals surface area contributed by atoms with Gasteiger partial charge in [-0.3, -0.25) is 4.98 Å². The van der Waals surface area contributed by atoms with Crippen molar-refractivity contribution in [1.82, 2.24) is 4.98 Å². The smallest absolute Gasteiger partial charge is 0.263 e. The maximum Gasteiger partial charge on any atom is 0.418 e. The molecule has 0 saturated heterocycles. The number of hydrogen-bond donors (Lipinski definition) is 0. The van der Waals surface area contributed by atoms with Gasteiger partial charge in [0, 0.05) is 18.0 Å². The average molecular weight is 395 g/mol. The van der Waals surface area contributed by atoms with E-state index >= 15 is 0 Å². The van der Waals surface area contributed by atoms with Crippen LogP contribution in [0.5, 0.6) is 0 Å². The minimum absolute atomic E-state index is 0.117. The van der Waals surface area contributed by atoms with Crippen molar-refractivity contribution in [2.75, 3.05) is 0 Å². The lowest BCUT2D eigenvalue weighted by molar-refractivity contribution is -0.161. The largest absolute Gasteiger partial charge is 0.418 e. The van der Waals surface area contributed by atoms with Gasteiger partial charge in [0.2, 0.25) is 0 Å². The molecule has 10 heteroatoms. The van der Waals surface area contributed by atoms with Gasteiger partial charge in [0.1, 0.15) is 0 Å². The molecule has 0 N–H and O–H groups in total. The van der Waals surface area contributed by atoms with E-state index in [1.165, 1.54) is 0 Å². The van der Waals surface area contributed by atoms with E-state index in [1.807, 2.05) is 0 Å². The highest BCUT2D eigenvalue weighted by Gasteiger charge is 2.45. The molecule has 1 heterocycles. The highest BCUT2D eigenvalue weighted by Crippen LogP contribution is 2.45. The van der Waals surface area contributed by atoms with Crippen molar-refractivity contribution >= 4 is 34.8 Å². The Morgan fingerprint density at radius 3 is 1.74 bits per heavy atom. The van der Waals surface area contributed by atoms with Crippen molar-refractivity contribution in [2.45, 2.75) is 12.4 Å². The first kappa shape index (κ1) is 18.2. The molecule has 0 aliphatic rings. The Kier molecular flexibility index (Phi) is 4.76. The van der Waals surface area contributed by atoms with Gasteiger partial charge in [-0.05, 0) is 17.7 Å². The van der Waals surface area contributed by atoms with Gasteiger partial charge in [-0.15, -0.1) is 0 Å². The molecule has 0 fully saturated rings. The van der Waals surface area contributed by atoms with Crippen LogP contribution < -0.4 is 0 Å². The van der Waals surface area contributed by atoms with Crippen LogP contribution in [0.1, 0.15) is 11.1 Å². The summed E-state index contributed by atoms with van der Waals surface area (Å²) in [5.41, 5.74) is -4.85. The Hall–Kier alpha value is -1.18. The summed E-state index contributed by atoms with van der Waals surface area (Å²) >= 11 is 17.1. The van der Waals surface area contributed by atoms with Gasteiger partial charge in [0.05, 0.1) is 26.2 Å². The maximum absolute atomic E-state index is 13.2. The molecule has 23 heavy (non-hydrogen) atoms. The number of aromatic nitrogens is 1. The number of rotatable bonds is 1. The summed E-state index contributed by atoms with van der Waals surface area (Å²) < 4.78 is 78.2. The molecule has 0 amide bonds. The molecule has 2 rings (SSSR count). The summed E-state index contributed by atoms with van der Waals surface area (Å²) in [7, 11) is 0. The van der Waals surface area contributed by atoms with Gasteiger partial charge in [-0.25, -0.2) is 0 Å². The van der Waals surface area contributed by atoms with Crippen molar-refractivity contribution < 1.29 is 26.3 Å². The van der Waals surface area contributed by atoms with E-state index in [9.17, 15) is 26.3 Å². The molecular weight excluding hydrogens is 390 g/mol. The van der Waals surface area contributed by atoms with Crippen molar-refractivity contribution in [1.29, 1.82) is 0 Å². The van der Waals surface area contributed by atoms with Gasteiger partial charge in [0.25, 0.3) is 0 Å². The zero-order valence-corrected chi connectivity index (χ0v) is 12.9. The third kappa shape index (κ3) is 3.67. The van der Waals surface area contributed by atoms with Gasteiger partial charge < -0.3 is 0 Å². The molecule has 1 nitrogen and oxygen atoms in total. The molecule has 0 radical (unpaired) electrons. The van der Waals surface area contributed by atoms with Crippen LogP contribution in [-0.2, 0) is 12.4 Å². The summed E-state index contributed by atoms with van der Waals surface area (Å²) in [5, 5.41) is -0.509. The Labute approximate surface area is 140 Å². The predicted octanol–water partition coefficient (Wildman–Crippen LogP) is 6.75. The molecule has 1 aromatic carbocycles. The van der Waals surface area contributed by atoms with Gasteiger partial charge in [-0.2, -0.15) is 26.3 Å². The number of benzene rings is 1. The molecule has 0 spiro atoms. The fourth-order valence-corrected chi connectivity index (χ4v) is 2.51. The van der Waals surface area contributed by atoms with E-state index in [0.717, 1.165) is 12.1 Å². The van der Waals surface area contributed by atoms with E-state index < -0.39 is 29.0 Å². The molecule has 124 valence electrons. The van der Waals surface area contributed by atoms with E-state index in [0.29, 0.717) is 6.20 Å². The quantitative estimate of drug-likeness (QED) is 0.385. The summed E-state index contributed by atoms with van der Waals surface area (Å²) in [5.74, 6) is 0. The van der Waals surface area contributed by atoms with Crippen molar-refractivity contribution in [2.24, 2.45) is 0 Å². The molecule has 0 saturated carbocycles. The molecule has 0 unspecified atom stereocenters. The first-order valence-corrected chi connectivity index (χ1v) is 6.83. The van der Waals surface area contributed by atoms with Crippen LogP contribution in [0.25, 0.3) is 11.1 Å². The Balaban J connectivity index is 2.83. The van der Waals surface area contributed by atoms with Crippen LogP contribution in [0.2, 0.25) is 15.1 Å². The summed E-state index contributed by atoms with van der Waals surface area (Å²) in [4.78, 5) is 3.24. The van der Waals surface area contributed by atoms with Crippen molar-refractivity contribution in [3.63, 3.8) is 0 Å². The summed E-state index contributed by atoms with van der Waals surface area (Å²) in [6.45, 7) is 0. The van der Waals surface area contributed by atoms with E-state index in [4.69, 9.17) is 34.8 Å². The first-order valence-electron chi connectivity index (χ1n) is 5.70. The minimum atomic E-state index is -5.26. The van der Waals surface area contributed by atoms with Crippen LogP contribution >= 0.6 is 34.8 Å². The van der Waals surface area contributed by atoms with E-state index in [2.05, 4.69) is 4.98 Å². The topological polar surface area (TPSA) is 12.9 Å². The second kappa shape index (κ2) is 6.03. The average Bonchev–Trinajstić information content (AvgIpc) is 2.41. The highest BCUT2D eigenvalue weighted by atomic mass is 35.5. The van der Waals surface area contributed by atoms with Crippen LogP contribution in [0.3, 0.4) is 0 Å². The molecular formula is C13H4Cl3F6N. The third-order valence-corrected chi connectivity index (χ3v) is 4.03. The molecule has 0 bridgehead atoms. The molecule has 0 aliphatic heterocycles. The second-order valence-electron chi connectivity index (χ2n) is 4.36. The molecule has 2 aromatic rings. The van der Waals surface area contributed by atoms with Crippen LogP contribution in [0.15, 0.2) is 24.5 Å². The number of nitrogens with zero attached hydrogens (tertiary/aromatic N) is 1. The zero-order valence-electron chi connectivity index (χ0n) is 10.7. The normalized spacial score (nSPS) is 12.6. The molecule has 1 aromatic heterocycles. The lowest BCUT2D eigenvalue weighted by Crippen LogP contribution is -2.18. The standard InChI is InChI=1S/C13H4Cl3F6N/c14-8-1-5(2-9(15)11(8)16)6-3-23-4-7(12(17,18)19)10(6)13(20,21)22/h1-4H. The third-order valence-electron chi connectivity index (χ3n) is 2.83. The molecule has 0 atom stereocenters. The van der Waals surface area contributed by atoms with Crippen molar-refractivity contribution in [3.8, 4) is 11.1 Å². The zero-order chi connectivity index (χ0) is 17.6. The summed E-state index contributed by atoms with van der Waals surface area (Å²) in [6.07, 6.45) is -9.71. The van der Waals surface area contributed by atoms with E-state index in [1.54, 1.807) is 0 Å². The predicted molar refractivity (Wildman–Crippen MR) is 74.7 cm³/mol. The van der Waals surface area contributed by atoms with Gasteiger partial charge >= 0.3 is 12.4 Å². The monoisotopic (exact) mass is 393 g/mol. The van der Waals surface area contributed by atoms with Crippen molar-refractivity contribution in [3.05, 3.63) is 50.7 Å². The maximum atomic E-state index is 13.2. The lowest BCUT2D eigenvalue weighted by atomic mass is 9.97. The SMILES string of the molecule is FC(F)(F)c1cncc(-c2cc(Cl)c(Cl)c(Cl)c2)c1C(F)(F)F. The lowest BCUT2D eigenvalue weighted by Gasteiger charge is -2.19. The van der Waals surface area contributed by atoms with Gasteiger partial charge in [-0.1, -0.05) is 34.8 Å². The first-order chi connectivity index (χ1) is 10.4. The Morgan fingerprint density at radius 2 is 1.30 bits per heavy atom. The summed E-state index contributed by atoms with van der Waals surface area (Å²) in [6, 6.07) is 1.98. The molecule has 0 aliphatic carbocycles. The number of alkyl halides is 6. The second-order valence-corrected chi connectivity index (χ2v) is 5.55. The number of hydrogen-bond acceptors (Lipinski definition) is 1. The minimum Gasteiger partial charge on any atom is -0.263 e. The highest BCUT2D eigenvalue weighted by molar-refractivity contribution is 6.48. The number of pyridine rings is 1. The van der Waals surface area contributed by atoms with Crippen LogP contribution in [-0.4, -0.2) is 4.98 Å². The fraction of sp³-hybridized carbons (Fsp3) is 0.154. The number of halogens is 9. The van der Waals surface area contributed by atoms with Crippen LogP contribution in [0.4, 0.5) is 26.3 Å². The van der Waals surface area contributed by atoms with Crippen LogP contribution in [0, 0.1) is 0 Å².